The van der Waals surface area contributed by atoms with Crippen molar-refractivity contribution in [3.63, 3.8) is 0 Å². The molecule has 86 valence electrons. The van der Waals surface area contributed by atoms with E-state index < -0.39 is 6.43 Å². The second-order valence-corrected chi connectivity index (χ2v) is 4.92. The van der Waals surface area contributed by atoms with Crippen LogP contribution < -0.4 is 0 Å². The number of rotatable bonds is 5. The predicted molar refractivity (Wildman–Crippen MR) is 58.2 cm³/mol. The monoisotopic (exact) mass is 262 g/mol. The fraction of sp³-hybridized carbons (Fsp3) is 0.333. The first-order chi connectivity index (χ1) is 7.74. The quantitative estimate of drug-likeness (QED) is 0.776. The van der Waals surface area contributed by atoms with Crippen LogP contribution in [0.2, 0.25) is 0 Å². The van der Waals surface area contributed by atoms with E-state index in [1.165, 1.54) is 0 Å². The van der Waals surface area contributed by atoms with Crippen molar-refractivity contribution in [1.29, 1.82) is 0 Å². The maximum absolute atomic E-state index is 11.9. The van der Waals surface area contributed by atoms with Crippen molar-refractivity contribution in [3.8, 4) is 0 Å². The number of halogens is 2. The lowest BCUT2D eigenvalue weighted by Crippen LogP contribution is -1.92. The Bertz CT molecular complexity index is 430. The zero-order valence-corrected chi connectivity index (χ0v) is 9.73. The first-order valence-electron chi connectivity index (χ1n) is 4.50. The molecule has 2 heterocycles. The summed E-state index contributed by atoms with van der Waals surface area (Å²) in [5.74, 6) is 0.139. The van der Waals surface area contributed by atoms with Crippen molar-refractivity contribution in [1.82, 2.24) is 10.2 Å². The van der Waals surface area contributed by atoms with Gasteiger partial charge in [0.1, 0.15) is 0 Å². The van der Waals surface area contributed by atoms with Crippen molar-refractivity contribution in [2.24, 2.45) is 0 Å². The van der Waals surface area contributed by atoms with Crippen LogP contribution in [0.5, 0.6) is 0 Å². The predicted octanol–water partition coefficient (Wildman–Crippen LogP) is 3.08. The second-order valence-electron chi connectivity index (χ2n) is 2.92. The number of alkyl halides is 2. The van der Waals surface area contributed by atoms with Gasteiger partial charge < -0.3 is 4.42 Å². The SMILES string of the molecule is FC(F)CSc1nnc(Cc2cccs2)o1. The Labute approximate surface area is 98.9 Å². The van der Waals surface area contributed by atoms with Crippen LogP contribution in [0.1, 0.15) is 10.8 Å². The molecule has 0 saturated heterocycles. The minimum atomic E-state index is -2.36. The highest BCUT2D eigenvalue weighted by atomic mass is 32.2. The first kappa shape index (κ1) is 11.5. The third kappa shape index (κ3) is 3.28. The smallest absolute Gasteiger partial charge is 0.276 e. The number of hydrogen-bond donors (Lipinski definition) is 0. The van der Waals surface area contributed by atoms with Crippen LogP contribution in [0.25, 0.3) is 0 Å². The van der Waals surface area contributed by atoms with Crippen LogP contribution in [-0.4, -0.2) is 22.4 Å². The van der Waals surface area contributed by atoms with Crippen molar-refractivity contribution < 1.29 is 13.2 Å². The molecule has 0 aromatic carbocycles. The molecule has 2 rings (SSSR count). The molecule has 3 nitrogen and oxygen atoms in total. The maximum Gasteiger partial charge on any atom is 0.276 e. The number of nitrogens with zero attached hydrogens (tertiary/aromatic N) is 2. The van der Waals surface area contributed by atoms with Gasteiger partial charge in [0.05, 0.1) is 12.2 Å². The number of aromatic nitrogens is 2. The van der Waals surface area contributed by atoms with Gasteiger partial charge in [0, 0.05) is 4.88 Å². The minimum Gasteiger partial charge on any atom is -0.416 e. The largest absolute Gasteiger partial charge is 0.416 e. The molecule has 0 radical (unpaired) electrons. The maximum atomic E-state index is 11.9. The summed E-state index contributed by atoms with van der Waals surface area (Å²) in [5.41, 5.74) is 0. The van der Waals surface area contributed by atoms with E-state index in [9.17, 15) is 8.78 Å². The molecule has 0 aliphatic heterocycles. The van der Waals surface area contributed by atoms with Gasteiger partial charge in [0.2, 0.25) is 12.3 Å². The standard InChI is InChI=1S/C9H8F2N2OS2/c10-7(11)5-16-9-13-12-8(14-9)4-6-2-1-3-15-6/h1-3,7H,4-5H2. The zero-order chi connectivity index (χ0) is 11.4. The molecule has 0 amide bonds. The first-order valence-corrected chi connectivity index (χ1v) is 6.36. The molecule has 7 heteroatoms. The lowest BCUT2D eigenvalue weighted by molar-refractivity contribution is 0.176. The Hall–Kier alpha value is -0.950. The molecular weight excluding hydrogens is 254 g/mol. The van der Waals surface area contributed by atoms with Gasteiger partial charge in [0.15, 0.2) is 0 Å². The zero-order valence-electron chi connectivity index (χ0n) is 8.10. The van der Waals surface area contributed by atoms with Crippen LogP contribution in [0.15, 0.2) is 27.2 Å². The molecule has 0 spiro atoms. The summed E-state index contributed by atoms with van der Waals surface area (Å²) >= 11 is 2.47. The average Bonchev–Trinajstić information content (AvgIpc) is 2.87. The van der Waals surface area contributed by atoms with Crippen molar-refractivity contribution in [2.75, 3.05) is 5.75 Å². The van der Waals surface area contributed by atoms with Crippen LogP contribution in [0, 0.1) is 0 Å². The van der Waals surface area contributed by atoms with E-state index in [0.29, 0.717) is 12.3 Å². The van der Waals surface area contributed by atoms with Gasteiger partial charge in [0.25, 0.3) is 5.22 Å². The van der Waals surface area contributed by atoms with E-state index in [1.54, 1.807) is 11.3 Å². The van der Waals surface area contributed by atoms with E-state index in [2.05, 4.69) is 10.2 Å². The molecule has 16 heavy (non-hydrogen) atoms. The summed E-state index contributed by atoms with van der Waals surface area (Å²) in [6.45, 7) is 0. The lowest BCUT2D eigenvalue weighted by atomic mass is 10.3. The Morgan fingerprint density at radius 3 is 3.00 bits per heavy atom. The van der Waals surface area contributed by atoms with Gasteiger partial charge in [-0.3, -0.25) is 0 Å². The molecule has 0 aliphatic rings. The molecule has 0 fully saturated rings. The third-order valence-corrected chi connectivity index (χ3v) is 3.39. The fourth-order valence-corrected chi connectivity index (χ4v) is 2.28. The highest BCUT2D eigenvalue weighted by Gasteiger charge is 2.10. The van der Waals surface area contributed by atoms with E-state index in [0.717, 1.165) is 16.6 Å². The molecule has 0 N–H and O–H groups in total. The summed E-state index contributed by atoms with van der Waals surface area (Å²) in [6, 6.07) is 3.89. The molecular formula is C9H8F2N2OS2. The Kier molecular flexibility index (Phi) is 3.89. The highest BCUT2D eigenvalue weighted by molar-refractivity contribution is 7.99. The molecule has 0 unspecified atom stereocenters. The van der Waals surface area contributed by atoms with Gasteiger partial charge in [-0.15, -0.1) is 21.5 Å². The van der Waals surface area contributed by atoms with E-state index in [4.69, 9.17) is 4.42 Å². The van der Waals surface area contributed by atoms with Crippen LogP contribution >= 0.6 is 23.1 Å². The Balaban J connectivity index is 1.92. The van der Waals surface area contributed by atoms with Gasteiger partial charge in [-0.2, -0.15) is 0 Å². The van der Waals surface area contributed by atoms with Crippen LogP contribution in [0.3, 0.4) is 0 Å². The lowest BCUT2D eigenvalue weighted by Gasteiger charge is -1.93. The summed E-state index contributed by atoms with van der Waals surface area (Å²) in [4.78, 5) is 1.11. The van der Waals surface area contributed by atoms with Crippen molar-refractivity contribution in [2.45, 2.75) is 18.1 Å². The minimum absolute atomic E-state index is 0.201. The van der Waals surface area contributed by atoms with E-state index in [1.807, 2.05) is 17.5 Å². The summed E-state index contributed by atoms with van der Waals surface area (Å²) < 4.78 is 29.1. The Morgan fingerprint density at radius 1 is 1.44 bits per heavy atom. The molecule has 2 aromatic rings. The van der Waals surface area contributed by atoms with Gasteiger partial charge in [-0.1, -0.05) is 17.8 Å². The molecule has 0 atom stereocenters. The summed E-state index contributed by atoms with van der Waals surface area (Å²) in [6.07, 6.45) is -1.81. The fourth-order valence-electron chi connectivity index (χ4n) is 1.06. The molecule has 0 aliphatic carbocycles. The molecule has 2 aromatic heterocycles. The second kappa shape index (κ2) is 5.40. The van der Waals surface area contributed by atoms with Crippen molar-refractivity contribution >= 4 is 23.1 Å². The molecule has 0 bridgehead atoms. The highest BCUT2D eigenvalue weighted by Crippen LogP contribution is 2.20. The normalized spacial score (nSPS) is 11.2. The van der Waals surface area contributed by atoms with Gasteiger partial charge >= 0.3 is 0 Å². The summed E-state index contributed by atoms with van der Waals surface area (Å²) in [7, 11) is 0. The van der Waals surface area contributed by atoms with Crippen LogP contribution in [0.4, 0.5) is 8.78 Å². The topological polar surface area (TPSA) is 38.9 Å². The third-order valence-electron chi connectivity index (χ3n) is 1.69. The Morgan fingerprint density at radius 2 is 2.31 bits per heavy atom. The number of thiophene rings is 1. The number of thioether (sulfide) groups is 1. The summed E-state index contributed by atoms with van der Waals surface area (Å²) in [5, 5.41) is 9.64. The number of hydrogen-bond acceptors (Lipinski definition) is 5. The van der Waals surface area contributed by atoms with E-state index >= 15 is 0 Å². The average molecular weight is 262 g/mol. The van der Waals surface area contributed by atoms with E-state index in [-0.39, 0.29) is 11.0 Å². The molecule has 0 saturated carbocycles. The van der Waals surface area contributed by atoms with Gasteiger partial charge in [-0.25, -0.2) is 8.78 Å². The van der Waals surface area contributed by atoms with Crippen LogP contribution in [-0.2, 0) is 6.42 Å². The van der Waals surface area contributed by atoms with Gasteiger partial charge in [-0.05, 0) is 11.4 Å². The van der Waals surface area contributed by atoms with Crippen molar-refractivity contribution in [3.05, 3.63) is 28.3 Å².